The number of nitrogens with one attached hydrogen (secondary N) is 1. The first kappa shape index (κ1) is 23.4. The van der Waals surface area contributed by atoms with Gasteiger partial charge in [0, 0.05) is 18.9 Å². The number of amides is 1. The summed E-state index contributed by atoms with van der Waals surface area (Å²) in [6.07, 6.45) is -0.548. The fourth-order valence-corrected chi connectivity index (χ4v) is 2.64. The van der Waals surface area contributed by atoms with Crippen LogP contribution in [-0.2, 0) is 14.3 Å². The number of anilines is 1. The third kappa shape index (κ3) is 7.47. The number of nitriles is 1. The SMILES string of the molecule is CO[C@H](/C=C/C(=O)O)[C@H](OC(=O)Nc1ccc(C#N)cc1)c1cccc(OCCO)c1. The molecule has 0 saturated carbocycles. The second kappa shape index (κ2) is 12.0. The standard InChI is InChI=1S/C22H22N2O7/c1-29-19(9-10-20(26)27)21(16-3-2-4-18(13-16)30-12-11-25)31-22(28)24-17-7-5-15(14-23)6-8-17/h2-10,13,19,21,25H,11-12H2,1H3,(H,24,28)(H,26,27)/b10-9+/t19-,21-/m1/s1. The number of carboxylic acid groups (broad SMARTS) is 1. The van der Waals surface area contributed by atoms with E-state index in [-0.39, 0.29) is 13.2 Å². The average molecular weight is 426 g/mol. The predicted octanol–water partition coefficient (Wildman–Crippen LogP) is 2.87. The molecule has 0 fully saturated rings. The lowest BCUT2D eigenvalue weighted by Gasteiger charge is -2.24. The van der Waals surface area contributed by atoms with Crippen molar-refractivity contribution in [3.05, 3.63) is 71.8 Å². The van der Waals surface area contributed by atoms with Crippen LogP contribution in [0.25, 0.3) is 0 Å². The molecule has 0 saturated heterocycles. The van der Waals surface area contributed by atoms with Gasteiger partial charge in [-0.15, -0.1) is 0 Å². The van der Waals surface area contributed by atoms with E-state index in [0.29, 0.717) is 22.6 Å². The van der Waals surface area contributed by atoms with Crippen molar-refractivity contribution in [1.29, 1.82) is 5.26 Å². The summed E-state index contributed by atoms with van der Waals surface area (Å²) in [4.78, 5) is 23.4. The summed E-state index contributed by atoms with van der Waals surface area (Å²) in [6.45, 7) is -0.0834. The molecule has 162 valence electrons. The van der Waals surface area contributed by atoms with Gasteiger partial charge in [-0.1, -0.05) is 12.1 Å². The van der Waals surface area contributed by atoms with Crippen molar-refractivity contribution in [2.45, 2.75) is 12.2 Å². The molecule has 0 spiro atoms. The largest absolute Gasteiger partial charge is 0.491 e. The molecule has 2 atom stereocenters. The number of methoxy groups -OCH3 is 1. The number of benzene rings is 2. The highest BCUT2D eigenvalue weighted by molar-refractivity contribution is 5.85. The lowest BCUT2D eigenvalue weighted by atomic mass is 10.0. The highest BCUT2D eigenvalue weighted by Crippen LogP contribution is 2.28. The van der Waals surface area contributed by atoms with E-state index < -0.39 is 24.3 Å². The number of aliphatic hydroxyl groups is 1. The molecule has 3 N–H and O–H groups in total. The smallest absolute Gasteiger partial charge is 0.412 e. The van der Waals surface area contributed by atoms with Crippen molar-refractivity contribution in [2.75, 3.05) is 25.6 Å². The Morgan fingerprint density at radius 2 is 1.97 bits per heavy atom. The maximum atomic E-state index is 12.5. The molecule has 0 bridgehead atoms. The van der Waals surface area contributed by atoms with Crippen molar-refractivity contribution >= 4 is 17.7 Å². The summed E-state index contributed by atoms with van der Waals surface area (Å²) >= 11 is 0. The molecule has 0 aliphatic heterocycles. The molecule has 0 unspecified atom stereocenters. The van der Waals surface area contributed by atoms with Gasteiger partial charge in [0.25, 0.3) is 0 Å². The van der Waals surface area contributed by atoms with Gasteiger partial charge in [-0.05, 0) is 48.0 Å². The highest BCUT2D eigenvalue weighted by atomic mass is 16.6. The highest BCUT2D eigenvalue weighted by Gasteiger charge is 2.26. The average Bonchev–Trinajstić information content (AvgIpc) is 2.77. The van der Waals surface area contributed by atoms with Crippen molar-refractivity contribution in [1.82, 2.24) is 0 Å². The van der Waals surface area contributed by atoms with Crippen LogP contribution in [0.15, 0.2) is 60.7 Å². The van der Waals surface area contributed by atoms with E-state index in [4.69, 9.17) is 29.7 Å². The number of hydrogen-bond acceptors (Lipinski definition) is 7. The fourth-order valence-electron chi connectivity index (χ4n) is 2.64. The van der Waals surface area contributed by atoms with E-state index in [9.17, 15) is 9.59 Å². The van der Waals surface area contributed by atoms with Gasteiger partial charge in [-0.25, -0.2) is 9.59 Å². The Labute approximate surface area is 179 Å². The van der Waals surface area contributed by atoms with Crippen LogP contribution < -0.4 is 10.1 Å². The number of aliphatic hydroxyl groups excluding tert-OH is 1. The van der Waals surface area contributed by atoms with Crippen LogP contribution in [0.2, 0.25) is 0 Å². The summed E-state index contributed by atoms with van der Waals surface area (Å²) in [6, 6.07) is 14.8. The molecule has 31 heavy (non-hydrogen) atoms. The van der Waals surface area contributed by atoms with Crippen LogP contribution in [0, 0.1) is 11.3 Å². The van der Waals surface area contributed by atoms with Gasteiger partial charge in [0.05, 0.1) is 18.2 Å². The molecular formula is C22H22N2O7. The van der Waals surface area contributed by atoms with Gasteiger partial charge in [0.2, 0.25) is 0 Å². The molecule has 0 aliphatic carbocycles. The van der Waals surface area contributed by atoms with Gasteiger partial charge in [0.15, 0.2) is 6.10 Å². The second-order valence-electron chi connectivity index (χ2n) is 6.18. The number of carboxylic acids is 1. The Morgan fingerprint density at radius 3 is 2.58 bits per heavy atom. The Morgan fingerprint density at radius 1 is 1.23 bits per heavy atom. The molecular weight excluding hydrogens is 404 g/mol. The van der Waals surface area contributed by atoms with Crippen molar-refractivity contribution in [3.8, 4) is 11.8 Å². The van der Waals surface area contributed by atoms with Gasteiger partial charge < -0.3 is 24.4 Å². The summed E-state index contributed by atoms with van der Waals surface area (Å²) < 4.78 is 16.3. The summed E-state index contributed by atoms with van der Waals surface area (Å²) in [7, 11) is 1.36. The first-order chi connectivity index (χ1) is 15.0. The van der Waals surface area contributed by atoms with E-state index in [1.807, 2.05) is 6.07 Å². The fraction of sp³-hybridized carbons (Fsp3) is 0.227. The molecule has 2 aromatic carbocycles. The van der Waals surface area contributed by atoms with Crippen LogP contribution in [0.3, 0.4) is 0 Å². The number of rotatable bonds is 10. The quantitative estimate of drug-likeness (QED) is 0.493. The molecule has 2 rings (SSSR count). The molecule has 0 aromatic heterocycles. The Balaban J connectivity index is 2.26. The molecule has 9 nitrogen and oxygen atoms in total. The Kier molecular flexibility index (Phi) is 9.04. The molecule has 0 aliphatic rings. The van der Waals surface area contributed by atoms with E-state index in [2.05, 4.69) is 5.32 Å². The number of ether oxygens (including phenoxy) is 3. The lowest BCUT2D eigenvalue weighted by Crippen LogP contribution is -2.27. The zero-order valence-corrected chi connectivity index (χ0v) is 16.7. The first-order valence-electron chi connectivity index (χ1n) is 9.22. The maximum absolute atomic E-state index is 12.5. The molecule has 0 radical (unpaired) electrons. The Bertz CT molecular complexity index is 951. The van der Waals surface area contributed by atoms with Gasteiger partial charge in [0.1, 0.15) is 18.5 Å². The van der Waals surface area contributed by atoms with E-state index in [0.717, 1.165) is 6.08 Å². The molecule has 1 amide bonds. The zero-order valence-electron chi connectivity index (χ0n) is 16.7. The number of hydrogen-bond donors (Lipinski definition) is 3. The summed E-state index contributed by atoms with van der Waals surface area (Å²) in [5.41, 5.74) is 1.35. The minimum absolute atomic E-state index is 0.0841. The second-order valence-corrected chi connectivity index (χ2v) is 6.18. The van der Waals surface area contributed by atoms with Gasteiger partial charge in [-0.3, -0.25) is 5.32 Å². The molecule has 0 heterocycles. The third-order valence-corrected chi connectivity index (χ3v) is 4.04. The zero-order chi connectivity index (χ0) is 22.6. The normalized spacial score (nSPS) is 12.5. The maximum Gasteiger partial charge on any atom is 0.412 e. The molecule has 2 aromatic rings. The number of aliphatic carboxylic acids is 1. The van der Waals surface area contributed by atoms with Crippen molar-refractivity contribution < 1.29 is 34.0 Å². The number of carbonyl (C=O) groups excluding carboxylic acids is 1. The monoisotopic (exact) mass is 426 g/mol. The Hall–Kier alpha value is -3.87. The first-order valence-corrected chi connectivity index (χ1v) is 9.22. The van der Waals surface area contributed by atoms with Crippen LogP contribution >= 0.6 is 0 Å². The minimum atomic E-state index is -1.18. The van der Waals surface area contributed by atoms with Crippen molar-refractivity contribution in [2.24, 2.45) is 0 Å². The number of nitrogens with zero attached hydrogens (tertiary/aromatic N) is 1. The van der Waals surface area contributed by atoms with E-state index >= 15 is 0 Å². The number of carbonyl (C=O) groups is 2. The summed E-state index contributed by atoms with van der Waals surface area (Å²) in [5, 5.41) is 29.3. The van der Waals surface area contributed by atoms with Crippen LogP contribution in [0.4, 0.5) is 10.5 Å². The lowest BCUT2D eigenvalue weighted by molar-refractivity contribution is -0.131. The summed E-state index contributed by atoms with van der Waals surface area (Å²) in [5.74, 6) is -0.743. The topological polar surface area (TPSA) is 138 Å². The third-order valence-electron chi connectivity index (χ3n) is 4.04. The van der Waals surface area contributed by atoms with Crippen LogP contribution in [-0.4, -0.2) is 48.7 Å². The van der Waals surface area contributed by atoms with E-state index in [1.165, 1.54) is 13.2 Å². The minimum Gasteiger partial charge on any atom is -0.491 e. The van der Waals surface area contributed by atoms with Crippen molar-refractivity contribution in [3.63, 3.8) is 0 Å². The molecule has 9 heteroatoms. The van der Waals surface area contributed by atoms with Crippen LogP contribution in [0.5, 0.6) is 5.75 Å². The van der Waals surface area contributed by atoms with E-state index in [1.54, 1.807) is 48.5 Å². The van der Waals surface area contributed by atoms with Gasteiger partial charge >= 0.3 is 12.1 Å². The van der Waals surface area contributed by atoms with Crippen LogP contribution in [0.1, 0.15) is 17.2 Å². The van der Waals surface area contributed by atoms with Gasteiger partial charge in [-0.2, -0.15) is 5.26 Å². The predicted molar refractivity (Wildman–Crippen MR) is 111 cm³/mol.